The Morgan fingerprint density at radius 3 is 2.57 bits per heavy atom. The molecular formula is C18H30N2O. The van der Waals surface area contributed by atoms with Gasteiger partial charge in [-0.05, 0) is 25.3 Å². The summed E-state index contributed by atoms with van der Waals surface area (Å²) in [6, 6.07) is 12.3. The number of nitrogens with zero attached hydrogens (tertiary/aromatic N) is 1. The van der Waals surface area contributed by atoms with E-state index in [9.17, 15) is 0 Å². The van der Waals surface area contributed by atoms with Gasteiger partial charge in [0, 0.05) is 37.8 Å². The minimum absolute atomic E-state index is 0.441. The second-order valence-electron chi connectivity index (χ2n) is 6.39. The largest absolute Gasteiger partial charge is 0.380 e. The molecule has 1 heterocycles. The van der Waals surface area contributed by atoms with Gasteiger partial charge in [0.1, 0.15) is 0 Å². The average Bonchev–Trinajstić information content (AvgIpc) is 2.52. The summed E-state index contributed by atoms with van der Waals surface area (Å²) >= 11 is 0. The lowest BCUT2D eigenvalue weighted by atomic mass is 9.94. The molecule has 1 aromatic carbocycles. The van der Waals surface area contributed by atoms with Crippen molar-refractivity contribution in [2.45, 2.75) is 45.8 Å². The molecule has 2 rings (SSSR count). The number of nitrogens with one attached hydrogen (secondary N) is 1. The minimum atomic E-state index is 0.441. The molecule has 1 saturated heterocycles. The lowest BCUT2D eigenvalue weighted by Crippen LogP contribution is -2.57. The van der Waals surface area contributed by atoms with Crippen LogP contribution in [0, 0.1) is 5.92 Å². The lowest BCUT2D eigenvalue weighted by Gasteiger charge is -2.45. The van der Waals surface area contributed by atoms with Crippen LogP contribution in [0.15, 0.2) is 30.3 Å². The van der Waals surface area contributed by atoms with Crippen molar-refractivity contribution in [3.8, 4) is 0 Å². The van der Waals surface area contributed by atoms with Crippen molar-refractivity contribution in [1.29, 1.82) is 0 Å². The standard InChI is InChI=1S/C18H30N2O/c1-5-21-13-15(4)20-12-17(14(2)3)19-11-18(20)16-9-7-6-8-10-16/h6-10,14-15,17-19H,5,11-13H2,1-4H3. The van der Waals surface area contributed by atoms with Crippen molar-refractivity contribution in [1.82, 2.24) is 10.2 Å². The van der Waals surface area contributed by atoms with Crippen LogP contribution in [0.5, 0.6) is 0 Å². The highest BCUT2D eigenvalue weighted by molar-refractivity contribution is 5.20. The van der Waals surface area contributed by atoms with Crippen LogP contribution < -0.4 is 5.32 Å². The van der Waals surface area contributed by atoms with E-state index in [1.54, 1.807) is 0 Å². The fraction of sp³-hybridized carbons (Fsp3) is 0.667. The average molecular weight is 290 g/mol. The Morgan fingerprint density at radius 2 is 1.95 bits per heavy atom. The molecule has 0 spiro atoms. The first-order valence-electron chi connectivity index (χ1n) is 8.25. The molecule has 0 bridgehead atoms. The molecule has 3 heteroatoms. The van der Waals surface area contributed by atoms with E-state index in [2.05, 4.69) is 68.2 Å². The van der Waals surface area contributed by atoms with Gasteiger partial charge >= 0.3 is 0 Å². The molecule has 1 fully saturated rings. The van der Waals surface area contributed by atoms with Crippen molar-refractivity contribution >= 4 is 0 Å². The summed E-state index contributed by atoms with van der Waals surface area (Å²) in [4.78, 5) is 2.62. The third kappa shape index (κ3) is 4.29. The van der Waals surface area contributed by atoms with Crippen molar-refractivity contribution in [2.75, 3.05) is 26.3 Å². The van der Waals surface area contributed by atoms with Crippen molar-refractivity contribution in [3.05, 3.63) is 35.9 Å². The van der Waals surface area contributed by atoms with Gasteiger partial charge in [0.25, 0.3) is 0 Å². The zero-order valence-corrected chi connectivity index (χ0v) is 13.9. The third-order valence-corrected chi connectivity index (χ3v) is 4.50. The number of hydrogen-bond donors (Lipinski definition) is 1. The third-order valence-electron chi connectivity index (χ3n) is 4.50. The van der Waals surface area contributed by atoms with Crippen LogP contribution in [0.2, 0.25) is 0 Å². The molecule has 118 valence electrons. The van der Waals surface area contributed by atoms with Crippen LogP contribution in [-0.4, -0.2) is 43.3 Å². The van der Waals surface area contributed by atoms with Crippen molar-refractivity contribution in [2.24, 2.45) is 5.92 Å². The van der Waals surface area contributed by atoms with E-state index in [1.807, 2.05) is 0 Å². The topological polar surface area (TPSA) is 24.5 Å². The number of piperazine rings is 1. The summed E-state index contributed by atoms with van der Waals surface area (Å²) in [5.41, 5.74) is 1.40. The second kappa shape index (κ2) is 7.92. The molecular weight excluding hydrogens is 260 g/mol. The molecule has 0 amide bonds. The Morgan fingerprint density at radius 1 is 1.24 bits per heavy atom. The molecule has 3 unspecified atom stereocenters. The smallest absolute Gasteiger partial charge is 0.0619 e. The highest BCUT2D eigenvalue weighted by Crippen LogP contribution is 2.27. The van der Waals surface area contributed by atoms with Crippen LogP contribution in [0.25, 0.3) is 0 Å². The SMILES string of the molecule is CCOCC(C)N1CC(C(C)C)NCC1c1ccccc1. The van der Waals surface area contributed by atoms with Crippen LogP contribution in [-0.2, 0) is 4.74 Å². The van der Waals surface area contributed by atoms with E-state index >= 15 is 0 Å². The Labute approximate surface area is 129 Å². The van der Waals surface area contributed by atoms with Gasteiger partial charge in [0.15, 0.2) is 0 Å². The van der Waals surface area contributed by atoms with E-state index in [4.69, 9.17) is 4.74 Å². The predicted octanol–water partition coefficient (Wildman–Crippen LogP) is 3.08. The fourth-order valence-electron chi connectivity index (χ4n) is 3.10. The van der Waals surface area contributed by atoms with Gasteiger partial charge in [-0.1, -0.05) is 44.2 Å². The summed E-state index contributed by atoms with van der Waals surface area (Å²) in [5.74, 6) is 0.656. The van der Waals surface area contributed by atoms with Crippen LogP contribution in [0.3, 0.4) is 0 Å². The first-order valence-corrected chi connectivity index (χ1v) is 8.25. The van der Waals surface area contributed by atoms with Crippen molar-refractivity contribution in [3.63, 3.8) is 0 Å². The van der Waals surface area contributed by atoms with Gasteiger partial charge in [-0.2, -0.15) is 0 Å². The molecule has 0 saturated carbocycles. The van der Waals surface area contributed by atoms with E-state index < -0.39 is 0 Å². The molecule has 1 aliphatic heterocycles. The highest BCUT2D eigenvalue weighted by Gasteiger charge is 2.32. The van der Waals surface area contributed by atoms with Crippen molar-refractivity contribution < 1.29 is 4.74 Å². The highest BCUT2D eigenvalue weighted by atomic mass is 16.5. The Bertz CT molecular complexity index is 407. The van der Waals surface area contributed by atoms with Gasteiger partial charge in [-0.3, -0.25) is 4.90 Å². The molecule has 1 aromatic rings. The van der Waals surface area contributed by atoms with E-state index in [-0.39, 0.29) is 0 Å². The summed E-state index contributed by atoms with van der Waals surface area (Å²) < 4.78 is 5.67. The molecule has 1 aliphatic rings. The maximum absolute atomic E-state index is 5.67. The first kappa shape index (κ1) is 16.5. The Hall–Kier alpha value is -0.900. The molecule has 0 aromatic heterocycles. The van der Waals surface area contributed by atoms with Gasteiger partial charge in [0.05, 0.1) is 6.61 Å². The van der Waals surface area contributed by atoms with Gasteiger partial charge < -0.3 is 10.1 Å². The predicted molar refractivity (Wildman–Crippen MR) is 88.5 cm³/mol. The molecule has 3 atom stereocenters. The molecule has 3 nitrogen and oxygen atoms in total. The zero-order valence-electron chi connectivity index (χ0n) is 13.9. The first-order chi connectivity index (χ1) is 10.1. The lowest BCUT2D eigenvalue weighted by molar-refractivity contribution is 0.0217. The summed E-state index contributed by atoms with van der Waals surface area (Å²) in [7, 11) is 0. The number of rotatable bonds is 6. The Balaban J connectivity index is 2.13. The van der Waals surface area contributed by atoms with E-state index in [0.29, 0.717) is 24.0 Å². The molecule has 0 radical (unpaired) electrons. The van der Waals surface area contributed by atoms with E-state index in [1.165, 1.54) is 5.56 Å². The molecule has 0 aliphatic carbocycles. The maximum atomic E-state index is 5.67. The van der Waals surface area contributed by atoms with Gasteiger partial charge in [0.2, 0.25) is 0 Å². The zero-order chi connectivity index (χ0) is 15.2. The summed E-state index contributed by atoms with van der Waals surface area (Å²) in [5, 5.41) is 3.73. The molecule has 21 heavy (non-hydrogen) atoms. The van der Waals surface area contributed by atoms with Crippen LogP contribution >= 0.6 is 0 Å². The maximum Gasteiger partial charge on any atom is 0.0619 e. The number of hydrogen-bond acceptors (Lipinski definition) is 3. The van der Waals surface area contributed by atoms with Gasteiger partial charge in [-0.25, -0.2) is 0 Å². The summed E-state index contributed by atoms with van der Waals surface area (Å²) in [6.07, 6.45) is 0. The normalized spacial score (nSPS) is 25.2. The fourth-order valence-corrected chi connectivity index (χ4v) is 3.10. The monoisotopic (exact) mass is 290 g/mol. The second-order valence-corrected chi connectivity index (χ2v) is 6.39. The number of benzene rings is 1. The minimum Gasteiger partial charge on any atom is -0.380 e. The summed E-state index contributed by atoms with van der Waals surface area (Å²) in [6.45, 7) is 12.7. The number of ether oxygens (including phenoxy) is 1. The van der Waals surface area contributed by atoms with Gasteiger partial charge in [-0.15, -0.1) is 0 Å². The van der Waals surface area contributed by atoms with E-state index in [0.717, 1.165) is 26.3 Å². The van der Waals surface area contributed by atoms with Crippen LogP contribution in [0.1, 0.15) is 39.3 Å². The Kier molecular flexibility index (Phi) is 6.22. The molecule has 1 N–H and O–H groups in total. The van der Waals surface area contributed by atoms with Crippen LogP contribution in [0.4, 0.5) is 0 Å². The quantitative estimate of drug-likeness (QED) is 0.871.